The highest BCUT2D eigenvalue weighted by molar-refractivity contribution is 4.86. The van der Waals surface area contributed by atoms with Crippen LogP contribution in [0.25, 0.3) is 0 Å². The molecular formula is C11H20O. The predicted molar refractivity (Wildman–Crippen MR) is 49.9 cm³/mol. The second-order valence-corrected chi connectivity index (χ2v) is 4.80. The van der Waals surface area contributed by atoms with E-state index in [9.17, 15) is 5.11 Å². The van der Waals surface area contributed by atoms with E-state index in [0.29, 0.717) is 0 Å². The first-order chi connectivity index (χ1) is 5.77. The number of hydrogen-bond acceptors (Lipinski definition) is 1. The van der Waals surface area contributed by atoms with Crippen molar-refractivity contribution in [1.82, 2.24) is 0 Å². The Morgan fingerprint density at radius 3 is 2.75 bits per heavy atom. The largest absolute Gasteiger partial charge is 0.393 e. The van der Waals surface area contributed by atoms with Crippen LogP contribution in [0.2, 0.25) is 0 Å². The molecule has 0 aromatic heterocycles. The van der Waals surface area contributed by atoms with Crippen molar-refractivity contribution >= 4 is 0 Å². The normalized spacial score (nSPS) is 48.5. The molecule has 70 valence electrons. The molecule has 2 aliphatic carbocycles. The van der Waals surface area contributed by atoms with Gasteiger partial charge in [-0.1, -0.05) is 26.2 Å². The fourth-order valence-electron chi connectivity index (χ4n) is 3.22. The molecule has 2 aliphatic rings. The van der Waals surface area contributed by atoms with Crippen LogP contribution in [0.15, 0.2) is 0 Å². The lowest BCUT2D eigenvalue weighted by Gasteiger charge is -2.41. The molecule has 1 heteroatoms. The molecule has 0 radical (unpaired) electrons. The van der Waals surface area contributed by atoms with Gasteiger partial charge in [0, 0.05) is 0 Å². The first-order valence-corrected chi connectivity index (χ1v) is 5.45. The van der Waals surface area contributed by atoms with Gasteiger partial charge >= 0.3 is 0 Å². The molecule has 1 N–H and O–H groups in total. The van der Waals surface area contributed by atoms with Gasteiger partial charge in [-0.3, -0.25) is 0 Å². The third-order valence-electron chi connectivity index (χ3n) is 3.99. The number of rotatable bonds is 0. The first kappa shape index (κ1) is 8.55. The average molecular weight is 168 g/mol. The van der Waals surface area contributed by atoms with Crippen LogP contribution in [-0.2, 0) is 0 Å². The molecule has 12 heavy (non-hydrogen) atoms. The summed E-state index contributed by atoms with van der Waals surface area (Å²) in [6.45, 7) is 2.37. The van der Waals surface area contributed by atoms with Gasteiger partial charge in [0.25, 0.3) is 0 Å². The summed E-state index contributed by atoms with van der Waals surface area (Å²) in [6, 6.07) is 0. The molecule has 0 spiro atoms. The van der Waals surface area contributed by atoms with Crippen molar-refractivity contribution in [2.45, 2.75) is 51.6 Å². The van der Waals surface area contributed by atoms with Gasteiger partial charge in [-0.25, -0.2) is 0 Å². The highest BCUT2D eigenvalue weighted by atomic mass is 16.3. The highest BCUT2D eigenvalue weighted by Crippen LogP contribution is 2.43. The topological polar surface area (TPSA) is 20.2 Å². The van der Waals surface area contributed by atoms with E-state index in [-0.39, 0.29) is 6.10 Å². The molecular weight excluding hydrogens is 148 g/mol. The minimum Gasteiger partial charge on any atom is -0.393 e. The zero-order valence-corrected chi connectivity index (χ0v) is 8.00. The fourth-order valence-corrected chi connectivity index (χ4v) is 3.22. The molecule has 4 atom stereocenters. The fraction of sp³-hybridized carbons (Fsp3) is 1.00. The summed E-state index contributed by atoms with van der Waals surface area (Å²) in [5.41, 5.74) is 0. The zero-order valence-electron chi connectivity index (χ0n) is 8.00. The van der Waals surface area contributed by atoms with Gasteiger partial charge in [0.05, 0.1) is 6.10 Å². The Kier molecular flexibility index (Phi) is 2.40. The summed E-state index contributed by atoms with van der Waals surface area (Å²) in [6.07, 6.45) is 7.72. The van der Waals surface area contributed by atoms with E-state index in [1.54, 1.807) is 0 Å². The number of aliphatic hydroxyl groups is 1. The summed E-state index contributed by atoms with van der Waals surface area (Å²) in [7, 11) is 0. The van der Waals surface area contributed by atoms with Crippen molar-refractivity contribution in [2.24, 2.45) is 17.8 Å². The van der Waals surface area contributed by atoms with E-state index in [1.165, 1.54) is 25.7 Å². The van der Waals surface area contributed by atoms with E-state index in [0.717, 1.165) is 30.6 Å². The lowest BCUT2D eigenvalue weighted by molar-refractivity contribution is 0.0238. The Hall–Kier alpha value is -0.0400. The van der Waals surface area contributed by atoms with Crippen LogP contribution in [0.3, 0.4) is 0 Å². The van der Waals surface area contributed by atoms with Crippen molar-refractivity contribution < 1.29 is 5.11 Å². The summed E-state index contributed by atoms with van der Waals surface area (Å²) < 4.78 is 0. The number of hydrogen-bond donors (Lipinski definition) is 1. The standard InChI is InChI=1S/C11H20O/c1-8-3-2-4-9-5-6-10(12)7-11(8)9/h8-12H,2-7H2,1H3. The molecule has 0 heterocycles. The van der Waals surface area contributed by atoms with Gasteiger partial charge in [-0.05, 0) is 37.0 Å². The summed E-state index contributed by atoms with van der Waals surface area (Å²) in [5.74, 6) is 2.68. The third-order valence-corrected chi connectivity index (χ3v) is 3.99. The monoisotopic (exact) mass is 168 g/mol. The van der Waals surface area contributed by atoms with Crippen LogP contribution < -0.4 is 0 Å². The minimum absolute atomic E-state index is 0.0202. The average Bonchev–Trinajstić information content (AvgIpc) is 2.07. The van der Waals surface area contributed by atoms with Crippen molar-refractivity contribution in [3.05, 3.63) is 0 Å². The zero-order chi connectivity index (χ0) is 8.55. The van der Waals surface area contributed by atoms with Gasteiger partial charge in [0.1, 0.15) is 0 Å². The van der Waals surface area contributed by atoms with Crippen LogP contribution in [0.4, 0.5) is 0 Å². The number of aliphatic hydroxyl groups excluding tert-OH is 1. The molecule has 2 rings (SSSR count). The van der Waals surface area contributed by atoms with E-state index < -0.39 is 0 Å². The Balaban J connectivity index is 2.00. The maximum atomic E-state index is 9.57. The van der Waals surface area contributed by atoms with Crippen LogP contribution in [-0.4, -0.2) is 11.2 Å². The maximum Gasteiger partial charge on any atom is 0.0543 e. The molecule has 4 unspecified atom stereocenters. The molecule has 0 aromatic carbocycles. The molecule has 0 bridgehead atoms. The second kappa shape index (κ2) is 3.37. The summed E-state index contributed by atoms with van der Waals surface area (Å²) >= 11 is 0. The van der Waals surface area contributed by atoms with Crippen molar-refractivity contribution in [3.63, 3.8) is 0 Å². The highest BCUT2D eigenvalue weighted by Gasteiger charge is 2.35. The van der Waals surface area contributed by atoms with E-state index in [1.807, 2.05) is 0 Å². The molecule has 0 amide bonds. The van der Waals surface area contributed by atoms with Crippen molar-refractivity contribution in [1.29, 1.82) is 0 Å². The Labute approximate surface area is 75.2 Å². The Morgan fingerprint density at radius 1 is 1.08 bits per heavy atom. The van der Waals surface area contributed by atoms with Crippen LogP contribution in [0.5, 0.6) is 0 Å². The first-order valence-electron chi connectivity index (χ1n) is 5.45. The molecule has 2 fully saturated rings. The van der Waals surface area contributed by atoms with Gasteiger partial charge in [0.15, 0.2) is 0 Å². The van der Waals surface area contributed by atoms with Gasteiger partial charge in [0.2, 0.25) is 0 Å². The summed E-state index contributed by atoms with van der Waals surface area (Å²) in [4.78, 5) is 0. The number of fused-ring (bicyclic) bond motifs is 1. The lowest BCUT2D eigenvalue weighted by atomic mass is 9.65. The maximum absolute atomic E-state index is 9.57. The van der Waals surface area contributed by atoms with Crippen molar-refractivity contribution in [3.8, 4) is 0 Å². The van der Waals surface area contributed by atoms with Crippen LogP contribution in [0.1, 0.15) is 45.4 Å². The molecule has 1 nitrogen and oxygen atoms in total. The Morgan fingerprint density at radius 2 is 1.92 bits per heavy atom. The SMILES string of the molecule is CC1CCCC2CCC(O)CC12. The van der Waals surface area contributed by atoms with Gasteiger partial charge in [-0.15, -0.1) is 0 Å². The van der Waals surface area contributed by atoms with Crippen LogP contribution >= 0.6 is 0 Å². The summed E-state index contributed by atoms with van der Waals surface area (Å²) in [5, 5.41) is 9.57. The second-order valence-electron chi connectivity index (χ2n) is 4.80. The molecule has 2 saturated carbocycles. The molecule has 0 aromatic rings. The van der Waals surface area contributed by atoms with Crippen LogP contribution in [0, 0.1) is 17.8 Å². The predicted octanol–water partition coefficient (Wildman–Crippen LogP) is 2.58. The van der Waals surface area contributed by atoms with E-state index in [4.69, 9.17) is 0 Å². The molecule has 0 aliphatic heterocycles. The smallest absolute Gasteiger partial charge is 0.0543 e. The quantitative estimate of drug-likeness (QED) is 0.589. The van der Waals surface area contributed by atoms with E-state index in [2.05, 4.69) is 6.92 Å². The third kappa shape index (κ3) is 1.52. The van der Waals surface area contributed by atoms with Gasteiger partial charge in [-0.2, -0.15) is 0 Å². The minimum atomic E-state index is 0.0202. The van der Waals surface area contributed by atoms with Gasteiger partial charge < -0.3 is 5.11 Å². The molecule has 0 saturated heterocycles. The van der Waals surface area contributed by atoms with E-state index >= 15 is 0 Å². The van der Waals surface area contributed by atoms with Crippen molar-refractivity contribution in [2.75, 3.05) is 0 Å². The lowest BCUT2D eigenvalue weighted by Crippen LogP contribution is -2.34. The Bertz CT molecular complexity index is 155.